The van der Waals surface area contributed by atoms with Crippen LogP contribution in [0.25, 0.3) is 0 Å². The van der Waals surface area contributed by atoms with Crippen molar-refractivity contribution in [3.8, 4) is 0 Å². The fourth-order valence-electron chi connectivity index (χ4n) is 1.33. The summed E-state index contributed by atoms with van der Waals surface area (Å²) in [6.07, 6.45) is 0.790. The molecule has 3 N–H and O–H groups in total. The first kappa shape index (κ1) is 14.2. The summed E-state index contributed by atoms with van der Waals surface area (Å²) < 4.78 is 0.850. The Bertz CT molecular complexity index is 367. The number of halogens is 1. The summed E-state index contributed by atoms with van der Waals surface area (Å²) in [5, 5.41) is 14.7. The summed E-state index contributed by atoms with van der Waals surface area (Å²) in [7, 11) is 0. The molecule has 0 heterocycles. The Kier molecular flexibility index (Phi) is 6.18. The van der Waals surface area contributed by atoms with Crippen molar-refractivity contribution in [3.63, 3.8) is 0 Å². The summed E-state index contributed by atoms with van der Waals surface area (Å²) in [5.74, 6) is -0.121. The second-order valence-corrected chi connectivity index (χ2v) is 4.55. The van der Waals surface area contributed by atoms with E-state index in [2.05, 4.69) is 26.6 Å². The number of hydrogen-bond acceptors (Lipinski definition) is 3. The van der Waals surface area contributed by atoms with E-state index in [9.17, 15) is 4.79 Å². The van der Waals surface area contributed by atoms with Gasteiger partial charge in [-0.2, -0.15) is 0 Å². The largest absolute Gasteiger partial charge is 0.395 e. The monoisotopic (exact) mass is 300 g/mol. The summed E-state index contributed by atoms with van der Waals surface area (Å²) in [4.78, 5) is 11.6. The normalized spacial score (nSPS) is 12.2. The molecule has 0 spiro atoms. The third-order valence-electron chi connectivity index (χ3n) is 2.41. The molecule has 0 aliphatic rings. The molecular weight excluding hydrogens is 284 g/mol. The predicted molar refractivity (Wildman–Crippen MR) is 71.9 cm³/mol. The number of rotatable bonds is 6. The lowest BCUT2D eigenvalue weighted by atomic mass is 10.2. The molecule has 1 atom stereocenters. The van der Waals surface area contributed by atoms with Gasteiger partial charge in [0.05, 0.1) is 18.8 Å². The molecule has 5 heteroatoms. The Morgan fingerprint density at radius 1 is 1.47 bits per heavy atom. The molecule has 0 aromatic heterocycles. The predicted octanol–water partition coefficient (Wildman–Crippen LogP) is 1.75. The van der Waals surface area contributed by atoms with Gasteiger partial charge < -0.3 is 15.7 Å². The highest BCUT2D eigenvalue weighted by Gasteiger charge is 2.08. The molecule has 1 rings (SSSR count). The summed E-state index contributed by atoms with van der Waals surface area (Å²) >= 11 is 3.36. The van der Waals surface area contributed by atoms with E-state index in [0.29, 0.717) is 0 Å². The Morgan fingerprint density at radius 2 is 2.18 bits per heavy atom. The minimum Gasteiger partial charge on any atom is -0.395 e. The molecule has 94 valence electrons. The highest BCUT2D eigenvalue weighted by atomic mass is 79.9. The Morgan fingerprint density at radius 3 is 2.76 bits per heavy atom. The fraction of sp³-hybridized carbons (Fsp3) is 0.417. The van der Waals surface area contributed by atoms with Crippen LogP contribution in [0.1, 0.15) is 13.3 Å². The van der Waals surface area contributed by atoms with Crippen LogP contribution in [-0.2, 0) is 4.79 Å². The van der Waals surface area contributed by atoms with Crippen molar-refractivity contribution in [2.45, 2.75) is 19.4 Å². The van der Waals surface area contributed by atoms with Gasteiger partial charge in [0.1, 0.15) is 0 Å². The summed E-state index contributed by atoms with van der Waals surface area (Å²) in [5.41, 5.74) is 0.747. The SMILES string of the molecule is CCC(CO)NCC(=O)Nc1ccccc1Br. The van der Waals surface area contributed by atoms with E-state index in [4.69, 9.17) is 5.11 Å². The lowest BCUT2D eigenvalue weighted by Crippen LogP contribution is -2.37. The topological polar surface area (TPSA) is 61.4 Å². The third-order valence-corrected chi connectivity index (χ3v) is 3.10. The molecule has 4 nitrogen and oxygen atoms in total. The zero-order valence-corrected chi connectivity index (χ0v) is 11.3. The van der Waals surface area contributed by atoms with E-state index in [0.717, 1.165) is 16.6 Å². The first-order chi connectivity index (χ1) is 8.17. The summed E-state index contributed by atoms with van der Waals surface area (Å²) in [6.45, 7) is 2.19. The number of benzene rings is 1. The fourth-order valence-corrected chi connectivity index (χ4v) is 1.72. The van der Waals surface area contributed by atoms with Crippen LogP contribution < -0.4 is 10.6 Å². The van der Waals surface area contributed by atoms with Crippen molar-refractivity contribution < 1.29 is 9.90 Å². The minimum atomic E-state index is -0.121. The van der Waals surface area contributed by atoms with E-state index < -0.39 is 0 Å². The van der Waals surface area contributed by atoms with Gasteiger partial charge >= 0.3 is 0 Å². The lowest BCUT2D eigenvalue weighted by molar-refractivity contribution is -0.115. The quantitative estimate of drug-likeness (QED) is 0.750. The molecule has 0 saturated carbocycles. The second-order valence-electron chi connectivity index (χ2n) is 3.70. The van der Waals surface area contributed by atoms with E-state index in [1.54, 1.807) is 0 Å². The van der Waals surface area contributed by atoms with Crippen LogP contribution in [0.4, 0.5) is 5.69 Å². The van der Waals surface area contributed by atoms with Gasteiger partial charge in [-0.25, -0.2) is 0 Å². The maximum atomic E-state index is 11.6. The average Bonchev–Trinajstić information content (AvgIpc) is 2.33. The van der Waals surface area contributed by atoms with Gasteiger partial charge in [-0.15, -0.1) is 0 Å². The van der Waals surface area contributed by atoms with Gasteiger partial charge in [0.2, 0.25) is 5.91 Å². The molecule has 1 unspecified atom stereocenters. The van der Waals surface area contributed by atoms with Gasteiger partial charge in [0.25, 0.3) is 0 Å². The van der Waals surface area contributed by atoms with Crippen molar-refractivity contribution in [3.05, 3.63) is 28.7 Å². The number of aliphatic hydroxyl groups is 1. The molecule has 1 aromatic rings. The summed E-state index contributed by atoms with van der Waals surface area (Å²) in [6, 6.07) is 7.41. The van der Waals surface area contributed by atoms with Crippen LogP contribution in [0.15, 0.2) is 28.7 Å². The number of carbonyl (C=O) groups excluding carboxylic acids is 1. The molecule has 0 fully saturated rings. The van der Waals surface area contributed by atoms with Crippen molar-refractivity contribution in [2.24, 2.45) is 0 Å². The molecule has 0 radical (unpaired) electrons. The van der Waals surface area contributed by atoms with Crippen LogP contribution >= 0.6 is 15.9 Å². The van der Waals surface area contributed by atoms with Crippen LogP contribution in [0.5, 0.6) is 0 Å². The first-order valence-electron chi connectivity index (χ1n) is 5.56. The van der Waals surface area contributed by atoms with E-state index >= 15 is 0 Å². The van der Waals surface area contributed by atoms with Gasteiger partial charge in [-0.3, -0.25) is 4.79 Å². The number of carbonyl (C=O) groups is 1. The van der Waals surface area contributed by atoms with Crippen LogP contribution in [0, 0.1) is 0 Å². The highest BCUT2D eigenvalue weighted by molar-refractivity contribution is 9.10. The molecular formula is C12H17BrN2O2. The van der Waals surface area contributed by atoms with Gasteiger partial charge in [-0.1, -0.05) is 19.1 Å². The van der Waals surface area contributed by atoms with E-state index in [-0.39, 0.29) is 25.1 Å². The Labute approximate surface area is 110 Å². The van der Waals surface area contributed by atoms with Crippen molar-refractivity contribution in [2.75, 3.05) is 18.5 Å². The third kappa shape index (κ3) is 4.85. The Hall–Kier alpha value is -0.910. The molecule has 0 aliphatic carbocycles. The smallest absolute Gasteiger partial charge is 0.238 e. The number of hydrogen-bond donors (Lipinski definition) is 3. The van der Waals surface area contributed by atoms with E-state index in [1.807, 2.05) is 31.2 Å². The van der Waals surface area contributed by atoms with Crippen molar-refractivity contribution in [1.82, 2.24) is 5.32 Å². The van der Waals surface area contributed by atoms with Gasteiger partial charge in [0.15, 0.2) is 0 Å². The van der Waals surface area contributed by atoms with Crippen molar-refractivity contribution in [1.29, 1.82) is 0 Å². The molecule has 0 aliphatic heterocycles. The number of aliphatic hydroxyl groups excluding tert-OH is 1. The second kappa shape index (κ2) is 7.42. The average molecular weight is 301 g/mol. The van der Waals surface area contributed by atoms with Crippen LogP contribution in [0.3, 0.4) is 0 Å². The van der Waals surface area contributed by atoms with Gasteiger partial charge in [-0.05, 0) is 34.5 Å². The number of nitrogens with one attached hydrogen (secondary N) is 2. The number of amides is 1. The van der Waals surface area contributed by atoms with Crippen LogP contribution in [0.2, 0.25) is 0 Å². The first-order valence-corrected chi connectivity index (χ1v) is 6.35. The molecule has 0 bridgehead atoms. The van der Waals surface area contributed by atoms with Crippen LogP contribution in [-0.4, -0.2) is 30.2 Å². The zero-order chi connectivity index (χ0) is 12.7. The molecule has 17 heavy (non-hydrogen) atoms. The lowest BCUT2D eigenvalue weighted by Gasteiger charge is -2.14. The zero-order valence-electron chi connectivity index (χ0n) is 9.74. The molecule has 1 aromatic carbocycles. The number of para-hydroxylation sites is 1. The highest BCUT2D eigenvalue weighted by Crippen LogP contribution is 2.20. The number of anilines is 1. The standard InChI is InChI=1S/C12H17BrN2O2/c1-2-9(8-16)14-7-12(17)15-11-6-4-3-5-10(11)13/h3-6,9,14,16H,2,7-8H2,1H3,(H,15,17). The van der Waals surface area contributed by atoms with E-state index in [1.165, 1.54) is 0 Å². The Balaban J connectivity index is 2.42. The molecule has 0 saturated heterocycles. The van der Waals surface area contributed by atoms with Gasteiger partial charge in [0, 0.05) is 10.5 Å². The van der Waals surface area contributed by atoms with Crippen molar-refractivity contribution >= 4 is 27.5 Å². The minimum absolute atomic E-state index is 0.0278. The maximum absolute atomic E-state index is 11.6. The molecule has 1 amide bonds. The maximum Gasteiger partial charge on any atom is 0.238 e.